The van der Waals surface area contributed by atoms with Crippen LogP contribution in [0.3, 0.4) is 0 Å². The zero-order valence-corrected chi connectivity index (χ0v) is 21.6. The second kappa shape index (κ2) is 10.8. The lowest BCUT2D eigenvalue weighted by Gasteiger charge is -2.18. The molecule has 7 nitrogen and oxygen atoms in total. The van der Waals surface area contributed by atoms with Gasteiger partial charge in [-0.2, -0.15) is 0 Å². The molecule has 0 bridgehead atoms. The van der Waals surface area contributed by atoms with Gasteiger partial charge in [0, 0.05) is 11.6 Å². The molecule has 0 saturated carbocycles. The summed E-state index contributed by atoms with van der Waals surface area (Å²) in [6.07, 6.45) is 1.81. The summed E-state index contributed by atoms with van der Waals surface area (Å²) in [5.74, 6) is 2.15. The van der Waals surface area contributed by atoms with Crippen LogP contribution in [0.15, 0.2) is 94.0 Å². The summed E-state index contributed by atoms with van der Waals surface area (Å²) in [6, 6.07) is 25.1. The van der Waals surface area contributed by atoms with E-state index in [4.69, 9.17) is 14.1 Å². The molecule has 0 saturated heterocycles. The molecule has 8 heteroatoms. The number of carbonyl (C=O) groups excluding carboxylic acids is 1. The molecule has 5 rings (SSSR count). The van der Waals surface area contributed by atoms with E-state index in [1.165, 1.54) is 17.3 Å². The van der Waals surface area contributed by atoms with Gasteiger partial charge in [-0.15, -0.1) is 10.2 Å². The summed E-state index contributed by atoms with van der Waals surface area (Å²) in [5.41, 5.74) is 4.04. The zero-order chi connectivity index (χ0) is 25.8. The van der Waals surface area contributed by atoms with Gasteiger partial charge >= 0.3 is 0 Å². The first-order valence-corrected chi connectivity index (χ1v) is 12.9. The number of ether oxygens (including phenoxy) is 1. The molecule has 1 aliphatic heterocycles. The Morgan fingerprint density at radius 2 is 1.78 bits per heavy atom. The average Bonchev–Trinajstić information content (AvgIpc) is 3.53. The number of amidine groups is 1. The Balaban J connectivity index is 1.42. The van der Waals surface area contributed by atoms with E-state index in [9.17, 15) is 4.79 Å². The van der Waals surface area contributed by atoms with E-state index >= 15 is 0 Å². The minimum Gasteiger partial charge on any atom is -0.497 e. The summed E-state index contributed by atoms with van der Waals surface area (Å²) in [6.45, 7) is 4.31. The van der Waals surface area contributed by atoms with Crippen molar-refractivity contribution in [2.24, 2.45) is 4.99 Å². The van der Waals surface area contributed by atoms with Gasteiger partial charge in [0.15, 0.2) is 5.17 Å². The maximum atomic E-state index is 13.5. The van der Waals surface area contributed by atoms with Crippen LogP contribution < -0.4 is 9.64 Å². The van der Waals surface area contributed by atoms with Crippen LogP contribution >= 0.6 is 11.8 Å². The Labute approximate surface area is 219 Å². The Morgan fingerprint density at radius 3 is 2.51 bits per heavy atom. The van der Waals surface area contributed by atoms with Crippen LogP contribution in [0.1, 0.15) is 36.8 Å². The van der Waals surface area contributed by atoms with Crippen LogP contribution in [0.2, 0.25) is 0 Å². The SMILES string of the molecule is COc1cccc(N2C(=O)/C(=C\c3ccc(C(C)C)cc3)N=C2SCc2nnc(-c3ccccc3)o2)c1. The van der Waals surface area contributed by atoms with Gasteiger partial charge in [0.25, 0.3) is 5.91 Å². The van der Waals surface area contributed by atoms with E-state index in [0.717, 1.165) is 11.1 Å². The molecular weight excluding hydrogens is 484 g/mol. The molecule has 0 fully saturated rings. The largest absolute Gasteiger partial charge is 0.497 e. The highest BCUT2D eigenvalue weighted by Crippen LogP contribution is 2.33. The third kappa shape index (κ3) is 5.49. The smallest absolute Gasteiger partial charge is 0.283 e. The summed E-state index contributed by atoms with van der Waals surface area (Å²) >= 11 is 1.36. The van der Waals surface area contributed by atoms with E-state index < -0.39 is 0 Å². The molecule has 0 aliphatic carbocycles. The average molecular weight is 511 g/mol. The van der Waals surface area contributed by atoms with Crippen LogP contribution in [0, 0.1) is 0 Å². The first-order chi connectivity index (χ1) is 18.0. The van der Waals surface area contributed by atoms with Gasteiger partial charge in [-0.1, -0.05) is 74.1 Å². The molecular formula is C29H26N4O3S. The maximum Gasteiger partial charge on any atom is 0.283 e. The van der Waals surface area contributed by atoms with Crippen LogP contribution in [-0.4, -0.2) is 28.4 Å². The predicted octanol–water partition coefficient (Wildman–Crippen LogP) is 6.55. The van der Waals surface area contributed by atoms with Gasteiger partial charge in [-0.25, -0.2) is 4.99 Å². The molecule has 3 aromatic carbocycles. The molecule has 0 spiro atoms. The third-order valence-corrected chi connectivity index (χ3v) is 6.78. The van der Waals surface area contributed by atoms with Crippen molar-refractivity contribution in [1.82, 2.24) is 10.2 Å². The number of hydrogen-bond donors (Lipinski definition) is 0. The standard InChI is InChI=1S/C29H26N4O3S/c1-19(2)21-14-12-20(13-15-21)16-25-28(34)33(23-10-7-11-24(17-23)35-3)29(30-25)37-18-26-31-32-27(36-26)22-8-5-4-6-9-22/h4-17,19H,18H2,1-3H3/b25-16+. The van der Waals surface area contributed by atoms with E-state index in [-0.39, 0.29) is 5.91 Å². The number of methoxy groups -OCH3 is 1. The summed E-state index contributed by atoms with van der Waals surface area (Å²) in [5, 5.41) is 8.86. The molecule has 37 heavy (non-hydrogen) atoms. The minimum absolute atomic E-state index is 0.209. The van der Waals surface area contributed by atoms with Crippen molar-refractivity contribution in [3.05, 3.63) is 102 Å². The lowest BCUT2D eigenvalue weighted by Crippen LogP contribution is -2.30. The van der Waals surface area contributed by atoms with E-state index in [0.29, 0.717) is 45.8 Å². The molecule has 0 radical (unpaired) electrons. The minimum atomic E-state index is -0.209. The fourth-order valence-corrected chi connectivity index (χ4v) is 4.69. The molecule has 0 atom stereocenters. The molecule has 4 aromatic rings. The maximum absolute atomic E-state index is 13.5. The normalized spacial score (nSPS) is 14.5. The summed E-state index contributed by atoms with van der Waals surface area (Å²) < 4.78 is 11.2. The molecule has 0 unspecified atom stereocenters. The molecule has 0 N–H and O–H groups in total. The van der Waals surface area contributed by atoms with Crippen molar-refractivity contribution < 1.29 is 13.9 Å². The molecule has 186 valence electrons. The number of benzene rings is 3. The number of rotatable bonds is 7. The van der Waals surface area contributed by atoms with Gasteiger partial charge in [-0.3, -0.25) is 9.69 Å². The van der Waals surface area contributed by atoms with Crippen molar-refractivity contribution in [1.29, 1.82) is 0 Å². The fourth-order valence-electron chi connectivity index (χ4n) is 3.84. The number of amides is 1. The monoisotopic (exact) mass is 510 g/mol. The van der Waals surface area contributed by atoms with Crippen molar-refractivity contribution >= 4 is 34.6 Å². The molecule has 1 aliphatic rings. The predicted molar refractivity (Wildman–Crippen MR) is 147 cm³/mol. The Bertz CT molecular complexity index is 1460. The number of carbonyl (C=O) groups is 1. The van der Waals surface area contributed by atoms with Crippen LogP contribution in [0.4, 0.5) is 5.69 Å². The molecule has 2 heterocycles. The highest BCUT2D eigenvalue weighted by atomic mass is 32.2. The highest BCUT2D eigenvalue weighted by Gasteiger charge is 2.32. The third-order valence-electron chi connectivity index (χ3n) is 5.86. The molecule has 1 amide bonds. The highest BCUT2D eigenvalue weighted by molar-refractivity contribution is 8.13. The number of hydrogen-bond acceptors (Lipinski definition) is 7. The van der Waals surface area contributed by atoms with Crippen molar-refractivity contribution in [2.45, 2.75) is 25.5 Å². The summed E-state index contributed by atoms with van der Waals surface area (Å²) in [7, 11) is 1.60. The quantitative estimate of drug-likeness (QED) is 0.262. The van der Waals surface area contributed by atoms with Crippen LogP contribution in [0.25, 0.3) is 17.5 Å². The number of aromatic nitrogens is 2. The van der Waals surface area contributed by atoms with Crippen molar-refractivity contribution in [2.75, 3.05) is 12.0 Å². The Kier molecular flexibility index (Phi) is 7.18. The lowest BCUT2D eigenvalue weighted by atomic mass is 10.0. The van der Waals surface area contributed by atoms with Crippen LogP contribution in [-0.2, 0) is 10.5 Å². The van der Waals surface area contributed by atoms with Gasteiger partial charge in [0.05, 0.1) is 18.6 Å². The topological polar surface area (TPSA) is 80.8 Å². The van der Waals surface area contributed by atoms with Gasteiger partial charge < -0.3 is 9.15 Å². The van der Waals surface area contributed by atoms with Crippen LogP contribution in [0.5, 0.6) is 5.75 Å². The number of aliphatic imine (C=N–C) groups is 1. The van der Waals surface area contributed by atoms with E-state index in [1.54, 1.807) is 12.0 Å². The summed E-state index contributed by atoms with van der Waals surface area (Å²) in [4.78, 5) is 19.8. The van der Waals surface area contributed by atoms with Gasteiger partial charge in [0.2, 0.25) is 11.8 Å². The van der Waals surface area contributed by atoms with Gasteiger partial charge in [-0.05, 0) is 47.4 Å². The zero-order valence-electron chi connectivity index (χ0n) is 20.8. The number of nitrogens with zero attached hydrogens (tertiary/aromatic N) is 4. The second-order valence-corrected chi connectivity index (χ2v) is 9.69. The van der Waals surface area contributed by atoms with E-state index in [2.05, 4.69) is 36.2 Å². The van der Waals surface area contributed by atoms with Crippen molar-refractivity contribution in [3.8, 4) is 17.2 Å². The fraction of sp³-hybridized carbons (Fsp3) is 0.172. The Hall–Kier alpha value is -4.17. The van der Waals surface area contributed by atoms with Crippen molar-refractivity contribution in [3.63, 3.8) is 0 Å². The second-order valence-electron chi connectivity index (χ2n) is 8.74. The number of thioether (sulfide) groups is 1. The lowest BCUT2D eigenvalue weighted by molar-refractivity contribution is -0.113. The molecule has 1 aromatic heterocycles. The first kappa shape index (κ1) is 24.5. The van der Waals surface area contributed by atoms with Gasteiger partial charge in [0.1, 0.15) is 11.4 Å². The Morgan fingerprint density at radius 1 is 1.00 bits per heavy atom. The first-order valence-electron chi connectivity index (χ1n) is 11.9. The van der Waals surface area contributed by atoms with E-state index in [1.807, 2.05) is 72.8 Å². The number of anilines is 1.